The lowest BCUT2D eigenvalue weighted by Gasteiger charge is -2.18. The van der Waals surface area contributed by atoms with Gasteiger partial charge in [-0.25, -0.2) is 9.59 Å². The van der Waals surface area contributed by atoms with E-state index < -0.39 is 17.7 Å². The standard InChI is InChI=1S/C24H22O9/c1-28-16-6-5-12(8-17(16)29-2)7-14-13-9-18-19(33-11-32-18)10-15(13)22(25)21(24(27)31-4)20(14)23(26)30-3/h5-6,8-10,25H,7,11H2,1-4H3. The first-order valence-electron chi connectivity index (χ1n) is 9.92. The Kier molecular flexibility index (Phi) is 5.87. The number of phenols is 1. The smallest absolute Gasteiger partial charge is 0.342 e. The van der Waals surface area contributed by atoms with Crippen molar-refractivity contribution in [2.45, 2.75) is 6.42 Å². The molecule has 0 aliphatic carbocycles. The molecule has 1 N–H and O–H groups in total. The van der Waals surface area contributed by atoms with Crippen LogP contribution in [-0.4, -0.2) is 52.3 Å². The summed E-state index contributed by atoms with van der Waals surface area (Å²) in [6.07, 6.45) is 0.200. The summed E-state index contributed by atoms with van der Waals surface area (Å²) in [5, 5.41) is 11.8. The maximum Gasteiger partial charge on any atom is 0.342 e. The Balaban J connectivity index is 2.04. The largest absolute Gasteiger partial charge is 0.506 e. The Labute approximate surface area is 189 Å². The number of hydrogen-bond acceptors (Lipinski definition) is 9. The first-order chi connectivity index (χ1) is 15.9. The number of hydrogen-bond donors (Lipinski definition) is 1. The Morgan fingerprint density at radius 3 is 2.06 bits per heavy atom. The van der Waals surface area contributed by atoms with Crippen LogP contribution in [0.3, 0.4) is 0 Å². The Hall–Kier alpha value is -4.14. The molecular formula is C24H22O9. The SMILES string of the molecule is COC(=O)c1c(C(=O)OC)c(Cc2ccc(OC)c(OC)c2)c2cc3c(cc2c1O)OCO3. The van der Waals surface area contributed by atoms with E-state index in [-0.39, 0.29) is 24.3 Å². The van der Waals surface area contributed by atoms with E-state index in [1.54, 1.807) is 24.3 Å². The monoisotopic (exact) mass is 454 g/mol. The van der Waals surface area contributed by atoms with Crippen molar-refractivity contribution < 1.29 is 43.1 Å². The van der Waals surface area contributed by atoms with Gasteiger partial charge in [-0.2, -0.15) is 0 Å². The third-order valence-electron chi connectivity index (χ3n) is 5.49. The topological polar surface area (TPSA) is 110 Å². The van der Waals surface area contributed by atoms with Crippen LogP contribution in [0.2, 0.25) is 0 Å². The van der Waals surface area contributed by atoms with E-state index in [9.17, 15) is 14.7 Å². The van der Waals surface area contributed by atoms with Gasteiger partial charge in [0.05, 0.1) is 34.0 Å². The lowest BCUT2D eigenvalue weighted by atomic mass is 9.88. The van der Waals surface area contributed by atoms with Crippen LogP contribution >= 0.6 is 0 Å². The lowest BCUT2D eigenvalue weighted by molar-refractivity contribution is 0.0551. The quantitative estimate of drug-likeness (QED) is 0.560. The molecule has 9 nitrogen and oxygen atoms in total. The summed E-state index contributed by atoms with van der Waals surface area (Å²) in [5.74, 6) is -0.158. The van der Waals surface area contributed by atoms with Crippen LogP contribution in [0, 0.1) is 0 Å². The van der Waals surface area contributed by atoms with Crippen LogP contribution < -0.4 is 18.9 Å². The third-order valence-corrected chi connectivity index (χ3v) is 5.49. The van der Waals surface area contributed by atoms with Gasteiger partial charge in [-0.05, 0) is 47.2 Å². The van der Waals surface area contributed by atoms with Crippen molar-refractivity contribution >= 4 is 22.7 Å². The van der Waals surface area contributed by atoms with Gasteiger partial charge in [0.15, 0.2) is 23.0 Å². The van der Waals surface area contributed by atoms with Crippen molar-refractivity contribution in [3.8, 4) is 28.7 Å². The lowest BCUT2D eigenvalue weighted by Crippen LogP contribution is -2.16. The van der Waals surface area contributed by atoms with Gasteiger partial charge >= 0.3 is 11.9 Å². The fourth-order valence-corrected chi connectivity index (χ4v) is 3.93. The van der Waals surface area contributed by atoms with Crippen molar-refractivity contribution in [2.75, 3.05) is 35.2 Å². The predicted molar refractivity (Wildman–Crippen MR) is 117 cm³/mol. The first kappa shape index (κ1) is 22.1. The highest BCUT2D eigenvalue weighted by Crippen LogP contribution is 2.44. The van der Waals surface area contributed by atoms with Crippen molar-refractivity contribution in [3.05, 3.63) is 52.6 Å². The molecule has 9 heteroatoms. The summed E-state index contributed by atoms with van der Waals surface area (Å²) >= 11 is 0. The van der Waals surface area contributed by atoms with Gasteiger partial charge in [0.25, 0.3) is 0 Å². The molecule has 1 aliphatic heterocycles. The minimum atomic E-state index is -0.874. The minimum absolute atomic E-state index is 0.0190. The van der Waals surface area contributed by atoms with Gasteiger partial charge in [0.2, 0.25) is 6.79 Å². The molecule has 33 heavy (non-hydrogen) atoms. The molecule has 0 spiro atoms. The second-order valence-corrected chi connectivity index (χ2v) is 7.18. The van der Waals surface area contributed by atoms with Crippen LogP contribution in [0.25, 0.3) is 10.8 Å². The molecule has 0 bridgehead atoms. The number of benzene rings is 3. The summed E-state index contributed by atoms with van der Waals surface area (Å²) in [5.41, 5.74) is 0.827. The van der Waals surface area contributed by atoms with Crippen molar-refractivity contribution in [1.29, 1.82) is 0 Å². The number of carbonyl (C=O) groups excluding carboxylic acids is 2. The second-order valence-electron chi connectivity index (χ2n) is 7.18. The van der Waals surface area contributed by atoms with Gasteiger partial charge in [0.1, 0.15) is 11.3 Å². The summed E-state index contributed by atoms with van der Waals surface area (Å²) in [6.45, 7) is 0.0190. The van der Waals surface area contributed by atoms with Gasteiger partial charge < -0.3 is 33.5 Å². The van der Waals surface area contributed by atoms with Gasteiger partial charge in [-0.1, -0.05) is 6.07 Å². The molecule has 1 heterocycles. The first-order valence-corrected chi connectivity index (χ1v) is 9.92. The molecule has 3 aromatic rings. The molecule has 0 radical (unpaired) electrons. The molecular weight excluding hydrogens is 432 g/mol. The second kappa shape index (κ2) is 8.78. The zero-order valence-electron chi connectivity index (χ0n) is 18.5. The highest BCUT2D eigenvalue weighted by Gasteiger charge is 2.31. The molecule has 0 amide bonds. The fourth-order valence-electron chi connectivity index (χ4n) is 3.93. The number of rotatable bonds is 6. The number of carbonyl (C=O) groups is 2. The zero-order valence-corrected chi connectivity index (χ0v) is 18.5. The van der Waals surface area contributed by atoms with Crippen LogP contribution in [0.5, 0.6) is 28.7 Å². The van der Waals surface area contributed by atoms with E-state index in [4.69, 9.17) is 28.4 Å². The van der Waals surface area contributed by atoms with Crippen molar-refractivity contribution in [1.82, 2.24) is 0 Å². The van der Waals surface area contributed by atoms with E-state index in [1.807, 2.05) is 6.07 Å². The van der Waals surface area contributed by atoms with Gasteiger partial charge in [-0.3, -0.25) is 0 Å². The minimum Gasteiger partial charge on any atom is -0.506 e. The molecule has 0 saturated heterocycles. The average molecular weight is 454 g/mol. The molecule has 0 atom stereocenters. The normalized spacial score (nSPS) is 11.9. The molecule has 172 valence electrons. The number of ether oxygens (including phenoxy) is 6. The van der Waals surface area contributed by atoms with Gasteiger partial charge in [-0.15, -0.1) is 0 Å². The van der Waals surface area contributed by atoms with Crippen LogP contribution in [0.15, 0.2) is 30.3 Å². The molecule has 0 unspecified atom stereocenters. The number of esters is 2. The zero-order chi connectivity index (χ0) is 23.7. The summed E-state index contributed by atoms with van der Waals surface area (Å²) in [4.78, 5) is 25.5. The van der Waals surface area contributed by atoms with E-state index in [0.717, 1.165) is 5.56 Å². The maximum absolute atomic E-state index is 12.9. The van der Waals surface area contributed by atoms with Crippen LogP contribution in [0.1, 0.15) is 31.8 Å². The molecule has 3 aromatic carbocycles. The predicted octanol–water partition coefficient (Wildman–Crippen LogP) is 3.46. The number of phenolic OH excluding ortho intramolecular Hbond substituents is 1. The molecule has 0 fully saturated rings. The molecule has 1 aliphatic rings. The third kappa shape index (κ3) is 3.71. The van der Waals surface area contributed by atoms with E-state index in [0.29, 0.717) is 39.3 Å². The van der Waals surface area contributed by atoms with Crippen LogP contribution in [0.4, 0.5) is 0 Å². The Morgan fingerprint density at radius 2 is 1.45 bits per heavy atom. The van der Waals surface area contributed by atoms with Crippen molar-refractivity contribution in [2.24, 2.45) is 0 Å². The van der Waals surface area contributed by atoms with E-state index >= 15 is 0 Å². The highest BCUT2D eigenvalue weighted by atomic mass is 16.7. The summed E-state index contributed by atoms with van der Waals surface area (Å²) in [7, 11) is 5.42. The van der Waals surface area contributed by atoms with E-state index in [2.05, 4.69) is 0 Å². The van der Waals surface area contributed by atoms with E-state index in [1.165, 1.54) is 28.4 Å². The number of methoxy groups -OCH3 is 4. The number of aromatic hydroxyl groups is 1. The fraction of sp³-hybridized carbons (Fsp3) is 0.250. The molecule has 0 saturated carbocycles. The number of fused-ring (bicyclic) bond motifs is 2. The summed E-state index contributed by atoms with van der Waals surface area (Å²) in [6, 6.07) is 8.55. The summed E-state index contributed by atoms with van der Waals surface area (Å²) < 4.78 is 31.5. The highest BCUT2D eigenvalue weighted by molar-refractivity contribution is 6.13. The van der Waals surface area contributed by atoms with Crippen LogP contribution in [-0.2, 0) is 15.9 Å². The maximum atomic E-state index is 12.9. The van der Waals surface area contributed by atoms with Gasteiger partial charge in [0, 0.05) is 5.39 Å². The molecule has 4 rings (SSSR count). The average Bonchev–Trinajstić information content (AvgIpc) is 3.31. The van der Waals surface area contributed by atoms with Crippen molar-refractivity contribution in [3.63, 3.8) is 0 Å². The Morgan fingerprint density at radius 1 is 0.848 bits per heavy atom. The Bertz CT molecular complexity index is 1260. The molecule has 0 aromatic heterocycles.